The Hall–Kier alpha value is -7.50. The van der Waals surface area contributed by atoms with Gasteiger partial charge >= 0.3 is 0 Å². The summed E-state index contributed by atoms with van der Waals surface area (Å²) in [5.41, 5.74) is 10.2. The lowest BCUT2D eigenvalue weighted by molar-refractivity contribution is -0.136. The molecule has 4 saturated heterocycles. The molecule has 4 fully saturated rings. The van der Waals surface area contributed by atoms with Crippen LogP contribution in [0.4, 0.5) is 17.2 Å². The van der Waals surface area contributed by atoms with Crippen molar-refractivity contribution in [1.82, 2.24) is 34.7 Å². The highest BCUT2D eigenvalue weighted by molar-refractivity contribution is 6.23. The minimum Gasteiger partial charge on any atom is -0.457 e. The maximum atomic E-state index is 13.6. The number of nitrogens with zero attached hydrogens (tertiary/aromatic N) is 8. The summed E-state index contributed by atoms with van der Waals surface area (Å²) in [6.45, 7) is 5.48. The van der Waals surface area contributed by atoms with Crippen molar-refractivity contribution in [3.63, 3.8) is 0 Å². The predicted molar refractivity (Wildman–Crippen MR) is 246 cm³/mol. The number of hydrogen-bond donors (Lipinski definition) is 3. The summed E-state index contributed by atoms with van der Waals surface area (Å²) in [7, 11) is 0. The van der Waals surface area contributed by atoms with Gasteiger partial charge in [-0.25, -0.2) is 4.68 Å². The van der Waals surface area contributed by atoms with Crippen LogP contribution in [-0.4, -0.2) is 117 Å². The van der Waals surface area contributed by atoms with Gasteiger partial charge in [0.15, 0.2) is 0 Å². The third-order valence-electron chi connectivity index (χ3n) is 14.7. The summed E-state index contributed by atoms with van der Waals surface area (Å²) < 4.78 is 9.66. The number of likely N-dealkylation sites (tertiary alicyclic amines) is 1. The predicted octanol–water partition coefficient (Wildman–Crippen LogP) is 4.44. The average Bonchev–Trinajstić information content (AvgIpc) is 4.03. The Labute approximate surface area is 386 Å². The van der Waals surface area contributed by atoms with Crippen LogP contribution in [0.3, 0.4) is 0 Å². The van der Waals surface area contributed by atoms with E-state index in [2.05, 4.69) is 25.5 Å². The quantitative estimate of drug-likeness (QED) is 0.166. The van der Waals surface area contributed by atoms with E-state index in [-0.39, 0.29) is 48.2 Å². The van der Waals surface area contributed by atoms with Crippen molar-refractivity contribution < 1.29 is 33.5 Å². The number of rotatable bonds is 10. The average molecular weight is 906 g/mol. The van der Waals surface area contributed by atoms with Gasteiger partial charge in [0.05, 0.1) is 29.1 Å². The molecule has 67 heavy (non-hydrogen) atoms. The maximum Gasteiger partial charge on any atom is 0.262 e. The van der Waals surface area contributed by atoms with Gasteiger partial charge in [-0.15, -0.1) is 0 Å². The van der Waals surface area contributed by atoms with Crippen molar-refractivity contribution in [3.05, 3.63) is 102 Å². The zero-order chi connectivity index (χ0) is 46.0. The molecule has 6 aliphatic heterocycles. The summed E-state index contributed by atoms with van der Waals surface area (Å²) in [4.78, 5) is 84.7. The van der Waals surface area contributed by atoms with Crippen LogP contribution in [-0.2, 0) is 20.9 Å². The van der Waals surface area contributed by atoms with Gasteiger partial charge in [-0.2, -0.15) is 10.2 Å². The Morgan fingerprint density at radius 1 is 0.806 bits per heavy atom. The molecule has 5 aromatic rings. The van der Waals surface area contributed by atoms with E-state index in [1.807, 2.05) is 82.6 Å². The Morgan fingerprint density at radius 3 is 2.27 bits per heavy atom. The van der Waals surface area contributed by atoms with Crippen LogP contribution in [0.1, 0.15) is 82.1 Å². The molecule has 0 aliphatic carbocycles. The molecule has 2 atom stereocenters. The van der Waals surface area contributed by atoms with Crippen molar-refractivity contribution in [2.75, 3.05) is 60.9 Å². The van der Waals surface area contributed by atoms with Crippen molar-refractivity contribution in [1.29, 1.82) is 0 Å². The summed E-state index contributed by atoms with van der Waals surface area (Å²) in [5.74, 6) is -0.218. The summed E-state index contributed by atoms with van der Waals surface area (Å²) in [6.07, 6.45) is 8.43. The van der Waals surface area contributed by atoms with Crippen LogP contribution in [0, 0.1) is 11.3 Å². The summed E-state index contributed by atoms with van der Waals surface area (Å²) in [6, 6.07) is 21.4. The highest BCUT2D eigenvalue weighted by Gasteiger charge is 2.48. The standard InChI is InChI=1S/C49H51N11O7/c50-44(63)42-43(31-6-9-35(10-7-31)67-34-4-2-1-3-5-34)54-60-38(14-19-51-45(42)60)30-15-20-56(21-16-30)41(62)27-58-26-33(25-52-58)55-22-17-49(18-23-55)28-57(29-49)32-8-11-36-37(24-32)48(66)59(47(36)65)39-12-13-40(61)53-46(39)64/h1-11,24-26,30,38-39,51H,12-23,27-29H2,(H2,50,63)(H,53,61,64)/t38-,39?/m0/s1. The number of amides is 6. The topological polar surface area (TPSA) is 210 Å². The van der Waals surface area contributed by atoms with Gasteiger partial charge in [0.2, 0.25) is 17.7 Å². The zero-order valence-electron chi connectivity index (χ0n) is 36.9. The van der Waals surface area contributed by atoms with E-state index in [0.29, 0.717) is 48.0 Å². The minimum atomic E-state index is -0.990. The second-order valence-electron chi connectivity index (χ2n) is 18.7. The number of anilines is 3. The molecule has 2 aromatic heterocycles. The summed E-state index contributed by atoms with van der Waals surface area (Å²) in [5, 5.41) is 15.2. The molecule has 11 rings (SSSR count). The lowest BCUT2D eigenvalue weighted by Crippen LogP contribution is -2.60. The number of piperidine rings is 3. The first-order chi connectivity index (χ1) is 32.5. The highest BCUT2D eigenvalue weighted by atomic mass is 16.5. The van der Waals surface area contributed by atoms with Crippen LogP contribution in [0.15, 0.2) is 85.2 Å². The first-order valence-electron chi connectivity index (χ1n) is 23.2. The highest BCUT2D eigenvalue weighted by Crippen LogP contribution is 2.45. The summed E-state index contributed by atoms with van der Waals surface area (Å²) >= 11 is 0. The molecule has 8 heterocycles. The van der Waals surface area contributed by atoms with Gasteiger partial charge in [-0.3, -0.25) is 43.7 Å². The van der Waals surface area contributed by atoms with Gasteiger partial charge in [0.1, 0.15) is 41.2 Å². The number of ether oxygens (including phenoxy) is 1. The lowest BCUT2D eigenvalue weighted by atomic mass is 9.71. The molecule has 0 radical (unpaired) electrons. The number of fused-ring (bicyclic) bond motifs is 2. The molecule has 6 aliphatic rings. The zero-order valence-corrected chi connectivity index (χ0v) is 36.9. The smallest absolute Gasteiger partial charge is 0.262 e. The fourth-order valence-electron chi connectivity index (χ4n) is 11.0. The second kappa shape index (κ2) is 16.7. The van der Waals surface area contributed by atoms with E-state index in [1.165, 1.54) is 0 Å². The SMILES string of the molecule is NC(=O)c1c(-c2ccc(Oc3ccccc3)cc2)nn2c1NCC[C@H]2C1CCN(C(=O)Cn2cc(N3CCC4(CC3)CN(c3ccc5c(c3)C(=O)N(C3CCC(=O)NC3=O)C5=O)C4)cn2)CC1. The molecule has 4 N–H and O–H groups in total. The number of carbonyl (C=O) groups is 6. The Bertz CT molecular complexity index is 2800. The van der Waals surface area contributed by atoms with Crippen molar-refractivity contribution >= 4 is 52.6 Å². The van der Waals surface area contributed by atoms with E-state index in [0.717, 1.165) is 85.9 Å². The van der Waals surface area contributed by atoms with Gasteiger partial charge in [0.25, 0.3) is 17.7 Å². The van der Waals surface area contributed by atoms with Crippen LogP contribution in [0.25, 0.3) is 11.3 Å². The van der Waals surface area contributed by atoms with Gasteiger partial charge in [-0.1, -0.05) is 18.2 Å². The third kappa shape index (κ3) is 7.72. The Kier molecular flexibility index (Phi) is 10.5. The molecule has 344 valence electrons. The molecule has 3 aromatic carbocycles. The van der Waals surface area contributed by atoms with Crippen molar-refractivity contribution in [3.8, 4) is 22.8 Å². The fraction of sp³-hybridized carbons (Fsp3) is 0.388. The van der Waals surface area contributed by atoms with E-state index in [4.69, 9.17) is 15.6 Å². The first kappa shape index (κ1) is 42.2. The van der Waals surface area contributed by atoms with Crippen LogP contribution in [0.2, 0.25) is 0 Å². The lowest BCUT2D eigenvalue weighted by Gasteiger charge is -2.55. The molecule has 18 nitrogen and oxygen atoms in total. The van der Waals surface area contributed by atoms with Crippen LogP contribution < -0.4 is 30.9 Å². The molecular formula is C49H51N11O7. The Morgan fingerprint density at radius 2 is 1.54 bits per heavy atom. The molecule has 18 heteroatoms. The second-order valence-corrected chi connectivity index (χ2v) is 18.7. The van der Waals surface area contributed by atoms with Gasteiger partial charge in [0, 0.05) is 75.1 Å². The first-order valence-corrected chi connectivity index (χ1v) is 23.2. The molecule has 1 spiro atoms. The van der Waals surface area contributed by atoms with Gasteiger partial charge < -0.3 is 30.5 Å². The number of imide groups is 2. The van der Waals surface area contributed by atoms with E-state index >= 15 is 0 Å². The number of hydrogen-bond acceptors (Lipinski definition) is 12. The van der Waals surface area contributed by atoms with Crippen LogP contribution in [0.5, 0.6) is 11.5 Å². The number of primary amides is 1. The normalized spacial score (nSPS) is 21.4. The molecule has 0 saturated carbocycles. The van der Waals surface area contributed by atoms with Crippen LogP contribution >= 0.6 is 0 Å². The minimum absolute atomic E-state index is 0.0321. The third-order valence-corrected chi connectivity index (χ3v) is 14.7. The monoisotopic (exact) mass is 905 g/mol. The molecular weight excluding hydrogens is 855 g/mol. The maximum absolute atomic E-state index is 13.6. The number of aromatic nitrogens is 4. The molecule has 1 unspecified atom stereocenters. The molecule has 0 bridgehead atoms. The molecule has 6 amide bonds. The van der Waals surface area contributed by atoms with E-state index in [9.17, 15) is 28.8 Å². The number of nitrogens with one attached hydrogen (secondary N) is 2. The van der Waals surface area contributed by atoms with Crippen molar-refractivity contribution in [2.24, 2.45) is 17.1 Å². The van der Waals surface area contributed by atoms with E-state index in [1.54, 1.807) is 16.8 Å². The fourth-order valence-corrected chi connectivity index (χ4v) is 11.0. The number of carbonyl (C=O) groups excluding carboxylic acids is 6. The number of benzene rings is 3. The largest absolute Gasteiger partial charge is 0.457 e. The van der Waals surface area contributed by atoms with Crippen molar-refractivity contribution in [2.45, 2.75) is 63.6 Å². The van der Waals surface area contributed by atoms with Gasteiger partial charge in [-0.05, 0) is 99.0 Å². The number of nitrogens with two attached hydrogens (primary N) is 1. The number of para-hydroxylation sites is 1. The Balaban J connectivity index is 0.665. The van der Waals surface area contributed by atoms with E-state index < -0.39 is 35.6 Å².